The minimum Gasteiger partial charge on any atom is -0.288 e. The van der Waals surface area contributed by atoms with Crippen LogP contribution in [0.4, 0.5) is 8.78 Å². The molecule has 64 valence electrons. The van der Waals surface area contributed by atoms with Crippen molar-refractivity contribution in [3.8, 4) is 0 Å². The highest BCUT2D eigenvalue weighted by atomic mass is 79.9. The largest absolute Gasteiger partial charge is 0.300 e. The Bertz CT molecular complexity index is 303. The van der Waals surface area contributed by atoms with Crippen LogP contribution in [0.2, 0.25) is 0 Å². The molecule has 0 aliphatic carbocycles. The van der Waals surface area contributed by atoms with Gasteiger partial charge in [-0.1, -0.05) is 0 Å². The summed E-state index contributed by atoms with van der Waals surface area (Å²) in [5, 5.41) is 0. The van der Waals surface area contributed by atoms with Gasteiger partial charge in [0, 0.05) is 6.20 Å². The van der Waals surface area contributed by atoms with E-state index in [4.69, 9.17) is 0 Å². The fourth-order valence-electron chi connectivity index (χ4n) is 0.687. The van der Waals surface area contributed by atoms with E-state index in [1.54, 1.807) is 0 Å². The van der Waals surface area contributed by atoms with Crippen LogP contribution in [0.25, 0.3) is 0 Å². The maximum absolute atomic E-state index is 11.9. The summed E-state index contributed by atoms with van der Waals surface area (Å²) in [6.45, 7) is 0. The Labute approximate surface area is 75.7 Å². The molecule has 0 saturated carbocycles. The molecule has 0 unspecified atom stereocenters. The van der Waals surface area contributed by atoms with Crippen LogP contribution in [0.15, 0.2) is 22.9 Å². The van der Waals surface area contributed by atoms with Gasteiger partial charge in [0.25, 0.3) is 0 Å². The van der Waals surface area contributed by atoms with E-state index in [1.165, 1.54) is 18.3 Å². The molecule has 1 aromatic heterocycles. The smallest absolute Gasteiger partial charge is 0.288 e. The Kier molecular flexibility index (Phi) is 2.86. The van der Waals surface area contributed by atoms with Crippen LogP contribution in [-0.4, -0.2) is 17.2 Å². The normalized spacial score (nSPS) is 10.3. The first-order valence-corrected chi connectivity index (χ1v) is 3.85. The van der Waals surface area contributed by atoms with Crippen molar-refractivity contribution >= 4 is 21.7 Å². The molecular weight excluding hydrogens is 232 g/mol. The van der Waals surface area contributed by atoms with Crippen LogP contribution in [0.1, 0.15) is 10.4 Å². The number of ketones is 1. The second-order valence-corrected chi connectivity index (χ2v) is 2.76. The monoisotopic (exact) mass is 235 g/mol. The van der Waals surface area contributed by atoms with Crippen LogP contribution >= 0.6 is 15.9 Å². The Morgan fingerprint density at radius 1 is 1.58 bits per heavy atom. The SMILES string of the molecule is O=C(c1cccnc1Br)C(F)F. The number of alkyl halides is 2. The summed E-state index contributed by atoms with van der Waals surface area (Å²) in [4.78, 5) is 14.4. The highest BCUT2D eigenvalue weighted by molar-refractivity contribution is 9.10. The summed E-state index contributed by atoms with van der Waals surface area (Å²) >= 11 is 2.90. The van der Waals surface area contributed by atoms with Crippen LogP contribution in [-0.2, 0) is 0 Å². The van der Waals surface area contributed by atoms with Gasteiger partial charge in [0.05, 0.1) is 5.56 Å². The van der Waals surface area contributed by atoms with E-state index < -0.39 is 12.2 Å². The highest BCUT2D eigenvalue weighted by Crippen LogP contribution is 2.15. The third-order valence-electron chi connectivity index (χ3n) is 1.22. The minimum absolute atomic E-state index is 0.0903. The molecule has 0 aromatic carbocycles. The third kappa shape index (κ3) is 1.85. The number of aromatic nitrogens is 1. The predicted octanol–water partition coefficient (Wildman–Crippen LogP) is 2.29. The number of carbonyl (C=O) groups excluding carboxylic acids is 1. The van der Waals surface area contributed by atoms with Crippen molar-refractivity contribution in [2.75, 3.05) is 0 Å². The first-order chi connectivity index (χ1) is 5.63. The van der Waals surface area contributed by atoms with Gasteiger partial charge in [0.2, 0.25) is 5.78 Å². The Hall–Kier alpha value is -0.840. The number of halogens is 3. The molecule has 0 aliphatic rings. The van der Waals surface area contributed by atoms with Gasteiger partial charge in [-0.3, -0.25) is 4.79 Å². The van der Waals surface area contributed by atoms with Crippen LogP contribution in [0, 0.1) is 0 Å². The fraction of sp³-hybridized carbons (Fsp3) is 0.143. The van der Waals surface area contributed by atoms with Gasteiger partial charge in [-0.15, -0.1) is 0 Å². The van der Waals surface area contributed by atoms with Gasteiger partial charge in [-0.2, -0.15) is 0 Å². The Balaban J connectivity index is 3.03. The summed E-state index contributed by atoms with van der Waals surface area (Å²) < 4.78 is 23.9. The van der Waals surface area contributed by atoms with Crippen molar-refractivity contribution < 1.29 is 13.6 Å². The first-order valence-electron chi connectivity index (χ1n) is 3.06. The van der Waals surface area contributed by atoms with Crippen LogP contribution < -0.4 is 0 Å². The molecule has 0 N–H and O–H groups in total. The van der Waals surface area contributed by atoms with Crippen molar-refractivity contribution in [2.45, 2.75) is 6.43 Å². The van der Waals surface area contributed by atoms with Gasteiger partial charge in [0.15, 0.2) is 0 Å². The van der Waals surface area contributed by atoms with E-state index in [9.17, 15) is 13.6 Å². The molecule has 1 rings (SSSR count). The lowest BCUT2D eigenvalue weighted by Gasteiger charge is -1.99. The van der Waals surface area contributed by atoms with Gasteiger partial charge in [0.1, 0.15) is 4.60 Å². The maximum Gasteiger partial charge on any atom is 0.300 e. The third-order valence-corrected chi connectivity index (χ3v) is 1.85. The zero-order valence-electron chi connectivity index (χ0n) is 5.80. The molecule has 5 heteroatoms. The molecule has 0 atom stereocenters. The second kappa shape index (κ2) is 3.71. The van der Waals surface area contributed by atoms with E-state index in [1.807, 2.05) is 0 Å². The summed E-state index contributed by atoms with van der Waals surface area (Å²) in [5.41, 5.74) is -0.0903. The average molecular weight is 236 g/mol. The zero-order valence-corrected chi connectivity index (χ0v) is 7.38. The number of carbonyl (C=O) groups is 1. The van der Waals surface area contributed by atoms with Gasteiger partial charge in [-0.25, -0.2) is 13.8 Å². The predicted molar refractivity (Wildman–Crippen MR) is 42.3 cm³/mol. The molecule has 1 heterocycles. The number of hydrogen-bond donors (Lipinski definition) is 0. The van der Waals surface area contributed by atoms with Crippen LogP contribution in [0.5, 0.6) is 0 Å². The lowest BCUT2D eigenvalue weighted by molar-refractivity contribution is 0.0677. The van der Waals surface area contributed by atoms with Crippen molar-refractivity contribution in [3.05, 3.63) is 28.5 Å². The molecule has 0 aliphatic heterocycles. The molecule has 2 nitrogen and oxygen atoms in total. The van der Waals surface area contributed by atoms with Crippen LogP contribution in [0.3, 0.4) is 0 Å². The summed E-state index contributed by atoms with van der Waals surface area (Å²) in [7, 11) is 0. The molecule has 0 amide bonds. The standard InChI is InChI=1S/C7H4BrF2NO/c8-6-4(2-1-3-11-6)5(12)7(9)10/h1-3,7H. The molecule has 0 saturated heterocycles. The van der Waals surface area contributed by atoms with Gasteiger partial charge < -0.3 is 0 Å². The topological polar surface area (TPSA) is 30.0 Å². The lowest BCUT2D eigenvalue weighted by Crippen LogP contribution is -2.11. The molecule has 0 bridgehead atoms. The van der Waals surface area contributed by atoms with E-state index >= 15 is 0 Å². The maximum atomic E-state index is 11.9. The average Bonchev–Trinajstić information content (AvgIpc) is 2.04. The van der Waals surface area contributed by atoms with Gasteiger partial charge >= 0.3 is 6.43 Å². The molecule has 0 radical (unpaired) electrons. The molecule has 1 aromatic rings. The second-order valence-electron chi connectivity index (χ2n) is 2.01. The van der Waals surface area contributed by atoms with E-state index in [-0.39, 0.29) is 10.2 Å². The van der Waals surface area contributed by atoms with Crippen molar-refractivity contribution in [1.82, 2.24) is 4.98 Å². The summed E-state index contributed by atoms with van der Waals surface area (Å²) in [6.07, 6.45) is -1.57. The Morgan fingerprint density at radius 2 is 2.25 bits per heavy atom. The number of rotatable bonds is 2. The fourth-order valence-corrected chi connectivity index (χ4v) is 1.13. The first kappa shape index (κ1) is 9.25. The van der Waals surface area contributed by atoms with E-state index in [0.29, 0.717) is 0 Å². The number of pyridine rings is 1. The number of Topliss-reactive ketones (excluding diaryl/α,β-unsaturated/α-hetero) is 1. The molecule has 12 heavy (non-hydrogen) atoms. The molecular formula is C7H4BrF2NO. The van der Waals surface area contributed by atoms with E-state index in [0.717, 1.165) is 0 Å². The van der Waals surface area contributed by atoms with Crippen molar-refractivity contribution in [1.29, 1.82) is 0 Å². The minimum atomic E-state index is -2.98. The van der Waals surface area contributed by atoms with Crippen molar-refractivity contribution in [2.24, 2.45) is 0 Å². The quantitative estimate of drug-likeness (QED) is 0.582. The number of hydrogen-bond acceptors (Lipinski definition) is 2. The van der Waals surface area contributed by atoms with Gasteiger partial charge in [-0.05, 0) is 28.1 Å². The zero-order chi connectivity index (χ0) is 9.14. The van der Waals surface area contributed by atoms with Crippen molar-refractivity contribution in [3.63, 3.8) is 0 Å². The lowest BCUT2D eigenvalue weighted by atomic mass is 10.2. The Morgan fingerprint density at radius 3 is 2.75 bits per heavy atom. The highest BCUT2D eigenvalue weighted by Gasteiger charge is 2.20. The molecule has 0 fully saturated rings. The number of nitrogens with zero attached hydrogens (tertiary/aromatic N) is 1. The van der Waals surface area contributed by atoms with E-state index in [2.05, 4.69) is 20.9 Å². The summed E-state index contributed by atoms with van der Waals surface area (Å²) in [6, 6.07) is 2.73. The summed E-state index contributed by atoms with van der Waals surface area (Å²) in [5.74, 6) is -1.21. The molecule has 0 spiro atoms.